The maximum atomic E-state index is 12.3. The molecule has 0 fully saturated rings. The number of hydrogen-bond acceptors (Lipinski definition) is 3. The van der Waals surface area contributed by atoms with Crippen LogP contribution in [0, 0.1) is 6.92 Å². The van der Waals surface area contributed by atoms with Gasteiger partial charge in [-0.1, -0.05) is 34.1 Å². The fraction of sp³-hybridized carbons (Fsp3) is 0.250. The minimum Gasteiger partial charge on any atom is -0.387 e. The number of pyridine rings is 1. The number of rotatable bonds is 4. The van der Waals surface area contributed by atoms with Crippen molar-refractivity contribution in [2.45, 2.75) is 13.0 Å². The van der Waals surface area contributed by atoms with Crippen molar-refractivity contribution in [3.8, 4) is 0 Å². The molecule has 1 atom stereocenters. The number of benzene rings is 1. The molecule has 4 nitrogen and oxygen atoms in total. The standard InChI is InChI=1S/C16H17BrN2O2/c1-11-7-12(9-18-8-11)16(21)19(2)10-15(20)13-5-3-4-6-14(13)17/h3-9,15,20H,10H2,1-2H3/t15-/m1/s1. The van der Waals surface area contributed by atoms with E-state index in [1.807, 2.05) is 31.2 Å². The van der Waals surface area contributed by atoms with Crippen molar-refractivity contribution < 1.29 is 9.90 Å². The van der Waals surface area contributed by atoms with Gasteiger partial charge in [-0.2, -0.15) is 0 Å². The van der Waals surface area contributed by atoms with E-state index in [0.717, 1.165) is 15.6 Å². The van der Waals surface area contributed by atoms with Gasteiger partial charge in [-0.3, -0.25) is 9.78 Å². The zero-order valence-corrected chi connectivity index (χ0v) is 13.5. The molecule has 0 saturated heterocycles. The number of hydrogen-bond donors (Lipinski definition) is 1. The molecular formula is C16H17BrN2O2. The number of aliphatic hydroxyl groups excluding tert-OH is 1. The van der Waals surface area contributed by atoms with Crippen LogP contribution in [0.2, 0.25) is 0 Å². The molecule has 1 heterocycles. The van der Waals surface area contributed by atoms with Crippen LogP contribution in [0.1, 0.15) is 27.6 Å². The molecule has 1 amide bonds. The molecule has 0 aliphatic carbocycles. The second kappa shape index (κ2) is 6.83. The average molecular weight is 349 g/mol. The molecule has 2 rings (SSSR count). The molecule has 0 saturated carbocycles. The van der Waals surface area contributed by atoms with Crippen molar-refractivity contribution >= 4 is 21.8 Å². The number of nitrogens with zero attached hydrogens (tertiary/aromatic N) is 2. The molecule has 1 N–H and O–H groups in total. The monoisotopic (exact) mass is 348 g/mol. The Morgan fingerprint density at radius 3 is 2.76 bits per heavy atom. The minimum absolute atomic E-state index is 0.155. The molecule has 21 heavy (non-hydrogen) atoms. The Hall–Kier alpha value is -1.72. The van der Waals surface area contributed by atoms with Crippen molar-refractivity contribution in [1.82, 2.24) is 9.88 Å². The molecule has 110 valence electrons. The summed E-state index contributed by atoms with van der Waals surface area (Å²) < 4.78 is 0.829. The molecule has 2 aromatic rings. The zero-order chi connectivity index (χ0) is 15.4. The van der Waals surface area contributed by atoms with E-state index in [2.05, 4.69) is 20.9 Å². The van der Waals surface area contributed by atoms with Crippen LogP contribution >= 0.6 is 15.9 Å². The smallest absolute Gasteiger partial charge is 0.255 e. The maximum absolute atomic E-state index is 12.3. The predicted octanol–water partition coefficient (Wildman–Crippen LogP) is 2.96. The van der Waals surface area contributed by atoms with Crippen molar-refractivity contribution in [2.75, 3.05) is 13.6 Å². The van der Waals surface area contributed by atoms with E-state index < -0.39 is 6.10 Å². The molecular weight excluding hydrogens is 332 g/mol. The molecule has 1 aromatic carbocycles. The van der Waals surface area contributed by atoms with E-state index in [1.165, 1.54) is 11.1 Å². The van der Waals surface area contributed by atoms with Crippen LogP contribution < -0.4 is 0 Å². The Morgan fingerprint density at radius 2 is 2.10 bits per heavy atom. The third kappa shape index (κ3) is 3.89. The fourth-order valence-corrected chi connectivity index (χ4v) is 2.63. The first-order valence-corrected chi connectivity index (χ1v) is 7.38. The Bertz CT molecular complexity index is 646. The molecule has 0 radical (unpaired) electrons. The molecule has 0 unspecified atom stereocenters. The lowest BCUT2D eigenvalue weighted by Gasteiger charge is -2.22. The second-order valence-corrected chi connectivity index (χ2v) is 5.83. The van der Waals surface area contributed by atoms with Crippen LogP contribution in [-0.2, 0) is 0 Å². The number of carbonyl (C=O) groups excluding carboxylic acids is 1. The van der Waals surface area contributed by atoms with E-state index in [0.29, 0.717) is 5.56 Å². The molecule has 0 bridgehead atoms. The first kappa shape index (κ1) is 15.7. The van der Waals surface area contributed by atoms with E-state index in [-0.39, 0.29) is 12.5 Å². The number of carbonyl (C=O) groups is 1. The molecule has 1 aromatic heterocycles. The second-order valence-electron chi connectivity index (χ2n) is 4.97. The quantitative estimate of drug-likeness (QED) is 0.923. The summed E-state index contributed by atoms with van der Waals surface area (Å²) in [6.07, 6.45) is 2.50. The lowest BCUT2D eigenvalue weighted by molar-refractivity contribution is 0.0679. The molecule has 5 heteroatoms. The summed E-state index contributed by atoms with van der Waals surface area (Å²) in [6, 6.07) is 9.23. The van der Waals surface area contributed by atoms with E-state index in [1.54, 1.807) is 19.3 Å². The van der Waals surface area contributed by atoms with E-state index in [9.17, 15) is 9.90 Å². The Kier molecular flexibility index (Phi) is 5.09. The van der Waals surface area contributed by atoms with Crippen LogP contribution in [0.3, 0.4) is 0 Å². The van der Waals surface area contributed by atoms with Gasteiger partial charge in [-0.15, -0.1) is 0 Å². The summed E-state index contributed by atoms with van der Waals surface area (Å²) in [4.78, 5) is 17.8. The van der Waals surface area contributed by atoms with Gasteiger partial charge in [0.05, 0.1) is 18.2 Å². The summed E-state index contributed by atoms with van der Waals surface area (Å²) >= 11 is 3.40. The van der Waals surface area contributed by atoms with Gasteiger partial charge in [-0.05, 0) is 30.2 Å². The summed E-state index contributed by atoms with van der Waals surface area (Å²) in [5, 5.41) is 10.3. The zero-order valence-electron chi connectivity index (χ0n) is 12.0. The van der Waals surface area contributed by atoms with Crippen molar-refractivity contribution in [3.05, 3.63) is 63.9 Å². The van der Waals surface area contributed by atoms with Gasteiger partial charge < -0.3 is 10.0 Å². The number of aromatic nitrogens is 1. The first-order chi connectivity index (χ1) is 9.99. The highest BCUT2D eigenvalue weighted by Crippen LogP contribution is 2.23. The van der Waals surface area contributed by atoms with Gasteiger partial charge in [-0.25, -0.2) is 0 Å². The predicted molar refractivity (Wildman–Crippen MR) is 85.0 cm³/mol. The molecule has 0 aliphatic heterocycles. The van der Waals surface area contributed by atoms with Gasteiger partial charge in [0.2, 0.25) is 0 Å². The van der Waals surface area contributed by atoms with E-state index in [4.69, 9.17) is 0 Å². The number of likely N-dealkylation sites (N-methyl/N-ethyl adjacent to an activating group) is 1. The highest BCUT2D eigenvalue weighted by Gasteiger charge is 2.18. The Balaban J connectivity index is 2.09. The third-order valence-electron chi connectivity index (χ3n) is 3.18. The van der Waals surface area contributed by atoms with Gasteiger partial charge >= 0.3 is 0 Å². The van der Waals surface area contributed by atoms with Gasteiger partial charge in [0, 0.05) is 23.9 Å². The number of aryl methyl sites for hydroxylation is 1. The SMILES string of the molecule is Cc1cncc(C(=O)N(C)C[C@@H](O)c2ccccc2Br)c1. The Labute approximate surface area is 132 Å². The number of halogens is 1. The average Bonchev–Trinajstić information content (AvgIpc) is 2.46. The fourth-order valence-electron chi connectivity index (χ4n) is 2.08. The third-order valence-corrected chi connectivity index (χ3v) is 3.90. The number of amides is 1. The lowest BCUT2D eigenvalue weighted by Crippen LogP contribution is -2.31. The highest BCUT2D eigenvalue weighted by atomic mass is 79.9. The van der Waals surface area contributed by atoms with Crippen LogP contribution in [0.4, 0.5) is 0 Å². The highest BCUT2D eigenvalue weighted by molar-refractivity contribution is 9.10. The van der Waals surface area contributed by atoms with Crippen molar-refractivity contribution in [3.63, 3.8) is 0 Å². The molecule has 0 aliphatic rings. The van der Waals surface area contributed by atoms with E-state index >= 15 is 0 Å². The van der Waals surface area contributed by atoms with Gasteiger partial charge in [0.25, 0.3) is 5.91 Å². The summed E-state index contributed by atoms with van der Waals surface area (Å²) in [7, 11) is 1.67. The minimum atomic E-state index is -0.743. The van der Waals surface area contributed by atoms with Crippen LogP contribution in [-0.4, -0.2) is 34.5 Å². The summed E-state index contributed by atoms with van der Waals surface area (Å²) in [5.74, 6) is -0.155. The maximum Gasteiger partial charge on any atom is 0.255 e. The topological polar surface area (TPSA) is 53.4 Å². The summed E-state index contributed by atoms with van der Waals surface area (Å²) in [6.45, 7) is 2.11. The number of aliphatic hydroxyl groups is 1. The molecule has 0 spiro atoms. The van der Waals surface area contributed by atoms with Crippen molar-refractivity contribution in [1.29, 1.82) is 0 Å². The van der Waals surface area contributed by atoms with Crippen LogP contribution in [0.5, 0.6) is 0 Å². The van der Waals surface area contributed by atoms with Crippen LogP contribution in [0.15, 0.2) is 47.2 Å². The lowest BCUT2D eigenvalue weighted by atomic mass is 10.1. The Morgan fingerprint density at radius 1 is 1.38 bits per heavy atom. The van der Waals surface area contributed by atoms with Gasteiger partial charge in [0.1, 0.15) is 0 Å². The first-order valence-electron chi connectivity index (χ1n) is 6.58. The normalized spacial score (nSPS) is 12.0. The van der Waals surface area contributed by atoms with Crippen LogP contribution in [0.25, 0.3) is 0 Å². The van der Waals surface area contributed by atoms with Crippen molar-refractivity contribution in [2.24, 2.45) is 0 Å². The summed E-state index contributed by atoms with van der Waals surface area (Å²) in [5.41, 5.74) is 2.22. The largest absolute Gasteiger partial charge is 0.387 e. The van der Waals surface area contributed by atoms with Gasteiger partial charge in [0.15, 0.2) is 0 Å².